The number of hydrogen-bond acceptors (Lipinski definition) is 2. The quantitative estimate of drug-likeness (QED) is 0.411. The molecule has 1 saturated heterocycles. The van der Waals surface area contributed by atoms with Crippen LogP contribution in [0.15, 0.2) is 29.3 Å². The number of carbonyl (C=O) groups excluding carboxylic acids is 1. The van der Waals surface area contributed by atoms with Crippen molar-refractivity contribution in [3.05, 3.63) is 29.8 Å². The van der Waals surface area contributed by atoms with Crippen LogP contribution in [0.1, 0.15) is 39.7 Å². The van der Waals surface area contributed by atoms with E-state index in [2.05, 4.69) is 34.4 Å². The fourth-order valence-corrected chi connectivity index (χ4v) is 2.80. The molecule has 2 N–H and O–H groups in total. The second-order valence-corrected chi connectivity index (χ2v) is 7.58. The molecule has 1 fully saturated rings. The van der Waals surface area contributed by atoms with Crippen LogP contribution in [0.2, 0.25) is 0 Å². The number of anilines is 1. The summed E-state index contributed by atoms with van der Waals surface area (Å²) in [7, 11) is 1.83. The van der Waals surface area contributed by atoms with Gasteiger partial charge in [-0.15, -0.1) is 24.0 Å². The van der Waals surface area contributed by atoms with E-state index in [-0.39, 0.29) is 35.8 Å². The zero-order valence-electron chi connectivity index (χ0n) is 15.9. The van der Waals surface area contributed by atoms with E-state index in [9.17, 15) is 4.79 Å². The van der Waals surface area contributed by atoms with Gasteiger partial charge in [0.2, 0.25) is 5.91 Å². The number of halogens is 1. The zero-order valence-corrected chi connectivity index (χ0v) is 18.3. The van der Waals surface area contributed by atoms with Gasteiger partial charge in [0.1, 0.15) is 0 Å². The molecule has 0 bridgehead atoms. The number of guanidine groups is 1. The number of nitrogens with zero attached hydrogens (tertiary/aromatic N) is 2. The summed E-state index contributed by atoms with van der Waals surface area (Å²) in [6, 6.07) is 7.95. The first-order valence-electron chi connectivity index (χ1n) is 8.66. The summed E-state index contributed by atoms with van der Waals surface area (Å²) >= 11 is 0. The van der Waals surface area contributed by atoms with Gasteiger partial charge in [-0.1, -0.05) is 39.8 Å². The van der Waals surface area contributed by atoms with Crippen LogP contribution in [0.25, 0.3) is 0 Å². The maximum atomic E-state index is 11.7. The molecule has 0 saturated carbocycles. The minimum Gasteiger partial charge on any atom is -0.352 e. The van der Waals surface area contributed by atoms with Gasteiger partial charge in [0, 0.05) is 38.3 Å². The van der Waals surface area contributed by atoms with E-state index < -0.39 is 0 Å². The molecule has 1 aliphatic rings. The number of amides is 1. The molecule has 2 rings (SSSR count). The van der Waals surface area contributed by atoms with Crippen LogP contribution >= 0.6 is 24.0 Å². The van der Waals surface area contributed by atoms with Gasteiger partial charge >= 0.3 is 0 Å². The van der Waals surface area contributed by atoms with Crippen LogP contribution in [0.4, 0.5) is 5.69 Å². The Morgan fingerprint density at radius 2 is 1.92 bits per heavy atom. The van der Waals surface area contributed by atoms with E-state index in [4.69, 9.17) is 0 Å². The third-order valence-electron chi connectivity index (χ3n) is 4.39. The van der Waals surface area contributed by atoms with Crippen molar-refractivity contribution < 1.29 is 4.79 Å². The normalized spacial score (nSPS) is 16.6. The highest BCUT2D eigenvalue weighted by Crippen LogP contribution is 2.28. The number of nitrogens with one attached hydrogen (secondary N) is 2. The molecular weight excluding hydrogens is 427 g/mol. The molecule has 0 atom stereocenters. The maximum absolute atomic E-state index is 11.7. The Kier molecular flexibility index (Phi) is 8.18. The smallest absolute Gasteiger partial charge is 0.226 e. The van der Waals surface area contributed by atoms with Crippen molar-refractivity contribution in [3.8, 4) is 0 Å². The Labute approximate surface area is 168 Å². The number of carbonyl (C=O) groups is 1. The Hall–Kier alpha value is -1.31. The summed E-state index contributed by atoms with van der Waals surface area (Å²) in [6.45, 7) is 11.2. The summed E-state index contributed by atoms with van der Waals surface area (Å²) in [5, 5.41) is 6.34. The molecule has 1 aromatic carbocycles. The minimum atomic E-state index is -0.0145. The molecule has 1 amide bonds. The number of rotatable bonds is 4. The summed E-state index contributed by atoms with van der Waals surface area (Å²) in [5.74, 6) is 0.982. The van der Waals surface area contributed by atoms with E-state index in [1.54, 1.807) is 0 Å². The zero-order chi connectivity index (χ0) is 17.7. The van der Waals surface area contributed by atoms with Gasteiger partial charge in [-0.25, -0.2) is 0 Å². The number of likely N-dealkylation sites (tertiary alicyclic amines) is 1. The standard InChI is InChI=1S/C19H30N4O.HI/c1-14(2)17(24)22-16-8-6-15(7-9-16)12-21-18(20-5)23-11-10-19(3,4)13-23;/h6-9,14H,10-13H2,1-5H3,(H,20,21)(H,22,24);1H. The molecule has 6 heteroatoms. The molecule has 0 spiro atoms. The third-order valence-corrected chi connectivity index (χ3v) is 4.39. The first-order valence-corrected chi connectivity index (χ1v) is 8.66. The molecule has 0 aromatic heterocycles. The van der Waals surface area contributed by atoms with E-state index in [1.165, 1.54) is 6.42 Å². The highest BCUT2D eigenvalue weighted by atomic mass is 127. The van der Waals surface area contributed by atoms with Crippen molar-refractivity contribution in [3.63, 3.8) is 0 Å². The summed E-state index contributed by atoms with van der Waals surface area (Å²) in [4.78, 5) is 18.4. The lowest BCUT2D eigenvalue weighted by molar-refractivity contribution is -0.118. The van der Waals surface area contributed by atoms with Crippen LogP contribution in [0, 0.1) is 11.3 Å². The van der Waals surface area contributed by atoms with Crippen molar-refractivity contribution in [1.82, 2.24) is 10.2 Å². The fourth-order valence-electron chi connectivity index (χ4n) is 2.80. The van der Waals surface area contributed by atoms with Crippen molar-refractivity contribution in [2.24, 2.45) is 16.3 Å². The molecule has 0 aliphatic carbocycles. The van der Waals surface area contributed by atoms with Crippen LogP contribution in [0.3, 0.4) is 0 Å². The van der Waals surface area contributed by atoms with Gasteiger partial charge in [0.25, 0.3) is 0 Å². The van der Waals surface area contributed by atoms with Crippen molar-refractivity contribution in [2.45, 2.75) is 40.7 Å². The largest absolute Gasteiger partial charge is 0.352 e. The molecule has 140 valence electrons. The maximum Gasteiger partial charge on any atom is 0.226 e. The highest BCUT2D eigenvalue weighted by Gasteiger charge is 2.30. The topological polar surface area (TPSA) is 56.7 Å². The summed E-state index contributed by atoms with van der Waals surface area (Å²) in [6.07, 6.45) is 1.19. The Morgan fingerprint density at radius 3 is 2.40 bits per heavy atom. The first kappa shape index (κ1) is 21.7. The summed E-state index contributed by atoms with van der Waals surface area (Å²) in [5.41, 5.74) is 2.36. The van der Waals surface area contributed by atoms with Gasteiger partial charge < -0.3 is 15.5 Å². The lowest BCUT2D eigenvalue weighted by Crippen LogP contribution is -2.40. The molecule has 25 heavy (non-hydrogen) atoms. The third kappa shape index (κ3) is 6.49. The number of benzene rings is 1. The van der Waals surface area contributed by atoms with Crippen LogP contribution in [-0.4, -0.2) is 36.9 Å². The Bertz CT molecular complexity index is 596. The van der Waals surface area contributed by atoms with Gasteiger partial charge in [0.15, 0.2) is 5.96 Å². The summed E-state index contributed by atoms with van der Waals surface area (Å²) < 4.78 is 0. The molecule has 0 unspecified atom stereocenters. The lowest BCUT2D eigenvalue weighted by atomic mass is 9.93. The van der Waals surface area contributed by atoms with Gasteiger partial charge in [0.05, 0.1) is 0 Å². The van der Waals surface area contributed by atoms with Crippen molar-refractivity contribution in [1.29, 1.82) is 0 Å². The van der Waals surface area contributed by atoms with E-state index in [1.807, 2.05) is 45.2 Å². The fraction of sp³-hybridized carbons (Fsp3) is 0.579. The van der Waals surface area contributed by atoms with Crippen LogP contribution < -0.4 is 10.6 Å². The molecule has 1 aromatic rings. The average molecular weight is 458 g/mol. The van der Waals surface area contributed by atoms with Gasteiger partial charge in [-0.3, -0.25) is 9.79 Å². The molecule has 0 radical (unpaired) electrons. The Morgan fingerprint density at radius 1 is 1.28 bits per heavy atom. The second-order valence-electron chi connectivity index (χ2n) is 7.58. The molecule has 1 aliphatic heterocycles. The SMILES string of the molecule is CN=C(NCc1ccc(NC(=O)C(C)C)cc1)N1CCC(C)(C)C1.I. The second kappa shape index (κ2) is 9.40. The van der Waals surface area contributed by atoms with Gasteiger partial charge in [-0.2, -0.15) is 0 Å². The predicted octanol–water partition coefficient (Wildman–Crippen LogP) is 3.71. The molecular formula is C19H31IN4O. The monoisotopic (exact) mass is 458 g/mol. The van der Waals surface area contributed by atoms with E-state index in [0.717, 1.165) is 36.8 Å². The van der Waals surface area contributed by atoms with Crippen molar-refractivity contribution in [2.75, 3.05) is 25.5 Å². The van der Waals surface area contributed by atoms with Crippen molar-refractivity contribution >= 4 is 41.5 Å². The predicted molar refractivity (Wildman–Crippen MR) is 115 cm³/mol. The minimum absolute atomic E-state index is 0. The first-order chi connectivity index (χ1) is 11.3. The van der Waals surface area contributed by atoms with E-state index >= 15 is 0 Å². The highest BCUT2D eigenvalue weighted by molar-refractivity contribution is 14.0. The van der Waals surface area contributed by atoms with Crippen LogP contribution in [0.5, 0.6) is 0 Å². The average Bonchev–Trinajstić information content (AvgIpc) is 2.89. The number of hydrogen-bond donors (Lipinski definition) is 2. The van der Waals surface area contributed by atoms with E-state index in [0.29, 0.717) is 5.41 Å². The molecule has 1 heterocycles. The Balaban J connectivity index is 0.00000312. The molecule has 5 nitrogen and oxygen atoms in total. The number of aliphatic imine (C=N–C) groups is 1. The van der Waals surface area contributed by atoms with Gasteiger partial charge in [-0.05, 0) is 29.5 Å². The lowest BCUT2D eigenvalue weighted by Gasteiger charge is -2.23. The van der Waals surface area contributed by atoms with Crippen LogP contribution in [-0.2, 0) is 11.3 Å².